The summed E-state index contributed by atoms with van der Waals surface area (Å²) in [5.74, 6) is 1.32. The summed E-state index contributed by atoms with van der Waals surface area (Å²) in [4.78, 5) is 23.3. The highest BCUT2D eigenvalue weighted by Crippen LogP contribution is 2.26. The van der Waals surface area contributed by atoms with Crippen molar-refractivity contribution in [1.29, 1.82) is 0 Å². The first-order valence-corrected chi connectivity index (χ1v) is 11.1. The van der Waals surface area contributed by atoms with E-state index < -0.39 is 0 Å². The highest BCUT2D eigenvalue weighted by atomic mass is 16.5. The fourth-order valence-corrected chi connectivity index (χ4v) is 4.39. The Morgan fingerprint density at radius 1 is 1.16 bits per heavy atom. The third-order valence-electron chi connectivity index (χ3n) is 6.12. The van der Waals surface area contributed by atoms with Crippen LogP contribution in [0.5, 0.6) is 0 Å². The minimum atomic E-state index is -0.307. The molecule has 0 aliphatic heterocycles. The lowest BCUT2D eigenvalue weighted by atomic mass is 9.91. The molecule has 4 rings (SSSR count). The fourth-order valence-electron chi connectivity index (χ4n) is 4.39. The van der Waals surface area contributed by atoms with Gasteiger partial charge in [0, 0.05) is 51.4 Å². The van der Waals surface area contributed by atoms with Crippen LogP contribution in [0.2, 0.25) is 0 Å². The van der Waals surface area contributed by atoms with E-state index in [1.54, 1.807) is 0 Å². The highest BCUT2D eigenvalue weighted by molar-refractivity contribution is 5.90. The molecule has 2 aromatic heterocycles. The van der Waals surface area contributed by atoms with Gasteiger partial charge in [-0.1, -0.05) is 12.1 Å². The Morgan fingerprint density at radius 3 is 2.59 bits per heavy atom. The summed E-state index contributed by atoms with van der Waals surface area (Å²) >= 11 is 0. The van der Waals surface area contributed by atoms with Crippen molar-refractivity contribution < 1.29 is 9.53 Å². The summed E-state index contributed by atoms with van der Waals surface area (Å²) in [6.07, 6.45) is 6.28. The molecule has 3 aromatic rings. The minimum absolute atomic E-state index is 0.307. The lowest BCUT2D eigenvalue weighted by Crippen LogP contribution is -2.36. The molecule has 2 N–H and O–H groups in total. The topological polar surface area (TPSA) is 84.3 Å². The van der Waals surface area contributed by atoms with Crippen LogP contribution < -0.4 is 15.5 Å². The predicted molar refractivity (Wildman–Crippen MR) is 127 cm³/mol. The molecular formula is C24H32N6O2. The van der Waals surface area contributed by atoms with E-state index in [9.17, 15) is 4.79 Å². The lowest BCUT2D eigenvalue weighted by Gasteiger charge is -2.30. The Morgan fingerprint density at radius 2 is 1.88 bits per heavy atom. The second kappa shape index (κ2) is 9.56. The normalized spacial score (nSPS) is 18.5. The number of anilines is 2. The van der Waals surface area contributed by atoms with Crippen LogP contribution in [0, 0.1) is 0 Å². The average Bonchev–Trinajstić information content (AvgIpc) is 3.18. The monoisotopic (exact) mass is 436 g/mol. The van der Waals surface area contributed by atoms with Crippen LogP contribution in [0.15, 0.2) is 36.5 Å². The minimum Gasteiger partial charge on any atom is -0.464 e. The molecule has 1 saturated carbocycles. The molecule has 0 spiro atoms. The predicted octanol–water partition coefficient (Wildman–Crippen LogP) is 3.33. The molecule has 8 nitrogen and oxygen atoms in total. The highest BCUT2D eigenvalue weighted by Gasteiger charge is 2.22. The number of hydrogen-bond acceptors (Lipinski definition) is 7. The number of methoxy groups -OCH3 is 1. The number of rotatable bonds is 7. The number of para-hydroxylation sites is 1. The van der Waals surface area contributed by atoms with Gasteiger partial charge in [-0.3, -0.25) is 0 Å². The number of aryl methyl sites for hydroxylation is 1. The lowest BCUT2D eigenvalue weighted by molar-refractivity contribution is 0.0590. The molecule has 2 heterocycles. The zero-order valence-corrected chi connectivity index (χ0v) is 19.3. The second-order valence-electron chi connectivity index (χ2n) is 8.69. The van der Waals surface area contributed by atoms with Crippen LogP contribution in [0.25, 0.3) is 10.9 Å². The summed E-state index contributed by atoms with van der Waals surface area (Å²) in [5, 5.41) is 8.26. The van der Waals surface area contributed by atoms with Crippen molar-refractivity contribution >= 4 is 28.6 Å². The van der Waals surface area contributed by atoms with E-state index in [1.807, 2.05) is 61.1 Å². The summed E-state index contributed by atoms with van der Waals surface area (Å²) in [6, 6.07) is 10.8. The number of hydrogen-bond donors (Lipinski definition) is 2. The molecule has 1 aliphatic carbocycles. The molecule has 0 amide bonds. The van der Waals surface area contributed by atoms with Crippen molar-refractivity contribution in [3.05, 3.63) is 47.8 Å². The van der Waals surface area contributed by atoms with Gasteiger partial charge in [0.1, 0.15) is 11.5 Å². The fraction of sp³-hybridized carbons (Fsp3) is 0.458. The van der Waals surface area contributed by atoms with Gasteiger partial charge in [0.25, 0.3) is 0 Å². The second-order valence-corrected chi connectivity index (χ2v) is 8.69. The number of ether oxygens (including phenoxy) is 1. The van der Waals surface area contributed by atoms with Gasteiger partial charge < -0.3 is 24.8 Å². The smallest absolute Gasteiger partial charge is 0.354 e. The largest absolute Gasteiger partial charge is 0.464 e. The van der Waals surface area contributed by atoms with Crippen LogP contribution in [0.3, 0.4) is 0 Å². The third-order valence-corrected chi connectivity index (χ3v) is 6.12. The van der Waals surface area contributed by atoms with E-state index in [1.165, 1.54) is 7.11 Å². The van der Waals surface area contributed by atoms with Gasteiger partial charge >= 0.3 is 5.97 Å². The molecule has 0 unspecified atom stereocenters. The summed E-state index contributed by atoms with van der Waals surface area (Å²) < 4.78 is 6.64. The van der Waals surface area contributed by atoms with Gasteiger partial charge in [-0.05, 0) is 49.4 Å². The number of nitrogens with one attached hydrogen (secondary N) is 2. The van der Waals surface area contributed by atoms with Gasteiger partial charge in [0.15, 0.2) is 0 Å². The molecule has 0 atom stereocenters. The van der Waals surface area contributed by atoms with Gasteiger partial charge in [0.05, 0.1) is 12.6 Å². The Labute approximate surface area is 189 Å². The van der Waals surface area contributed by atoms with Crippen molar-refractivity contribution in [3.63, 3.8) is 0 Å². The van der Waals surface area contributed by atoms with Crippen molar-refractivity contribution in [2.24, 2.45) is 7.05 Å². The van der Waals surface area contributed by atoms with E-state index >= 15 is 0 Å². The van der Waals surface area contributed by atoms with Crippen molar-refractivity contribution in [2.45, 2.75) is 44.3 Å². The molecule has 170 valence electrons. The Balaban J connectivity index is 1.32. The molecular weight excluding hydrogens is 404 g/mol. The quantitative estimate of drug-likeness (QED) is 0.550. The number of fused-ring (bicyclic) bond motifs is 1. The molecule has 1 aromatic carbocycles. The summed E-state index contributed by atoms with van der Waals surface area (Å²) in [5.41, 5.74) is 2.62. The van der Waals surface area contributed by atoms with Crippen LogP contribution in [0.4, 0.5) is 11.8 Å². The SMILES string of the molecule is COC(=O)c1cc(CNC2CCC(Nc3nc(N(C)C)c4ccccc4n3)CC2)cn1C. The van der Waals surface area contributed by atoms with Crippen molar-refractivity contribution in [3.8, 4) is 0 Å². The molecule has 1 fully saturated rings. The number of esters is 1. The van der Waals surface area contributed by atoms with E-state index in [0.717, 1.165) is 54.5 Å². The van der Waals surface area contributed by atoms with Crippen molar-refractivity contribution in [1.82, 2.24) is 19.9 Å². The molecule has 1 aliphatic rings. The van der Waals surface area contributed by atoms with Crippen LogP contribution >= 0.6 is 0 Å². The van der Waals surface area contributed by atoms with Gasteiger partial charge in [-0.15, -0.1) is 0 Å². The number of benzene rings is 1. The van der Waals surface area contributed by atoms with Crippen LogP contribution in [-0.4, -0.2) is 53.8 Å². The number of carbonyl (C=O) groups excluding carboxylic acids is 1. The van der Waals surface area contributed by atoms with Gasteiger partial charge in [-0.2, -0.15) is 4.98 Å². The Bertz CT molecular complexity index is 1090. The first-order chi connectivity index (χ1) is 15.4. The molecule has 0 bridgehead atoms. The van der Waals surface area contributed by atoms with Gasteiger partial charge in [-0.25, -0.2) is 9.78 Å². The molecule has 0 saturated heterocycles. The maximum Gasteiger partial charge on any atom is 0.354 e. The zero-order chi connectivity index (χ0) is 22.7. The first-order valence-electron chi connectivity index (χ1n) is 11.1. The first kappa shape index (κ1) is 22.1. The zero-order valence-electron chi connectivity index (χ0n) is 19.3. The third kappa shape index (κ3) is 4.85. The summed E-state index contributed by atoms with van der Waals surface area (Å²) in [7, 11) is 7.29. The van der Waals surface area contributed by atoms with E-state index in [-0.39, 0.29) is 5.97 Å². The van der Waals surface area contributed by atoms with E-state index in [4.69, 9.17) is 14.7 Å². The maximum absolute atomic E-state index is 11.8. The molecule has 0 radical (unpaired) electrons. The van der Waals surface area contributed by atoms with Crippen molar-refractivity contribution in [2.75, 3.05) is 31.4 Å². The van der Waals surface area contributed by atoms with Crippen LogP contribution in [0.1, 0.15) is 41.7 Å². The Hall–Kier alpha value is -3.13. The van der Waals surface area contributed by atoms with Gasteiger partial charge in [0.2, 0.25) is 5.95 Å². The Kier molecular flexibility index (Phi) is 6.60. The molecule has 8 heteroatoms. The van der Waals surface area contributed by atoms with E-state index in [2.05, 4.69) is 16.7 Å². The average molecular weight is 437 g/mol. The summed E-state index contributed by atoms with van der Waals surface area (Å²) in [6.45, 7) is 0.744. The van der Waals surface area contributed by atoms with Crippen LogP contribution in [-0.2, 0) is 18.3 Å². The number of aromatic nitrogens is 3. The standard InChI is InChI=1S/C24H32N6O2/c1-29(2)22-19-7-5-6-8-20(19)27-24(28-22)26-18-11-9-17(10-12-18)25-14-16-13-21(23(31)32-4)30(3)15-16/h5-8,13,15,17-18,25H,9-12,14H2,1-4H3,(H,26,27,28). The number of carbonyl (C=O) groups is 1. The maximum atomic E-state index is 11.8. The number of nitrogens with zero attached hydrogens (tertiary/aromatic N) is 4. The molecule has 32 heavy (non-hydrogen) atoms. The van der Waals surface area contributed by atoms with E-state index in [0.29, 0.717) is 23.7 Å².